The van der Waals surface area contributed by atoms with Crippen LogP contribution in [0.4, 0.5) is 5.69 Å². The topological polar surface area (TPSA) is 84.7 Å². The third-order valence-electron chi connectivity index (χ3n) is 5.02. The highest BCUT2D eigenvalue weighted by Crippen LogP contribution is 2.19. The van der Waals surface area contributed by atoms with Crippen LogP contribution >= 0.6 is 0 Å². The highest BCUT2D eigenvalue weighted by molar-refractivity contribution is 5.91. The van der Waals surface area contributed by atoms with Crippen LogP contribution in [0.2, 0.25) is 0 Å². The predicted octanol–water partition coefficient (Wildman–Crippen LogP) is 4.43. The van der Waals surface area contributed by atoms with Gasteiger partial charge in [-0.05, 0) is 55.8 Å². The van der Waals surface area contributed by atoms with E-state index in [4.69, 9.17) is 4.74 Å². The molecule has 31 heavy (non-hydrogen) atoms. The molecule has 166 valence electrons. The van der Waals surface area contributed by atoms with Crippen LogP contribution in [0.5, 0.6) is 5.75 Å². The molecule has 2 rings (SSSR count). The molecule has 0 aliphatic heterocycles. The molecule has 0 bridgehead atoms. The Labute approximate surface area is 183 Å². The van der Waals surface area contributed by atoms with Crippen molar-refractivity contribution in [1.29, 1.82) is 0 Å². The summed E-state index contributed by atoms with van der Waals surface area (Å²) in [5.41, 5.74) is 1.97. The van der Waals surface area contributed by atoms with Gasteiger partial charge in [0, 0.05) is 36.9 Å². The average molecular weight is 426 g/mol. The maximum atomic E-state index is 11.9. The highest BCUT2D eigenvalue weighted by atomic mass is 16.6. The summed E-state index contributed by atoms with van der Waals surface area (Å²) in [6.45, 7) is 5.63. The van der Waals surface area contributed by atoms with E-state index in [9.17, 15) is 14.9 Å². The number of amides is 1. The van der Waals surface area contributed by atoms with Gasteiger partial charge >= 0.3 is 0 Å². The van der Waals surface area contributed by atoms with E-state index < -0.39 is 4.92 Å². The van der Waals surface area contributed by atoms with Crippen LogP contribution in [-0.2, 0) is 11.3 Å². The summed E-state index contributed by atoms with van der Waals surface area (Å²) in [6.07, 6.45) is 6.12. The number of hydrogen-bond acceptors (Lipinski definition) is 5. The lowest BCUT2D eigenvalue weighted by Crippen LogP contribution is -2.25. The van der Waals surface area contributed by atoms with Gasteiger partial charge < -0.3 is 10.1 Å². The van der Waals surface area contributed by atoms with E-state index in [1.165, 1.54) is 23.8 Å². The molecule has 0 aliphatic carbocycles. The standard InChI is InChI=1S/C24H31N3O4/c1-3-26(19-21-9-5-6-10-23(21)31-2)18-8-4-7-17-25-24(28)16-13-20-11-14-22(15-12-20)27(29)30/h5-6,9-16H,3-4,7-8,17-19H2,1-2H3,(H,25,28)/b16-13+. The number of ether oxygens (including phenoxy) is 1. The Morgan fingerprint density at radius 3 is 2.55 bits per heavy atom. The number of carbonyl (C=O) groups excluding carboxylic acids is 1. The summed E-state index contributed by atoms with van der Waals surface area (Å²) < 4.78 is 5.43. The molecule has 0 atom stereocenters. The van der Waals surface area contributed by atoms with Gasteiger partial charge in [-0.25, -0.2) is 0 Å². The Morgan fingerprint density at radius 2 is 1.87 bits per heavy atom. The Morgan fingerprint density at radius 1 is 1.13 bits per heavy atom. The number of methoxy groups -OCH3 is 1. The smallest absolute Gasteiger partial charge is 0.269 e. The average Bonchev–Trinajstić information content (AvgIpc) is 2.79. The van der Waals surface area contributed by atoms with Crippen molar-refractivity contribution in [2.24, 2.45) is 0 Å². The Balaban J connectivity index is 1.63. The van der Waals surface area contributed by atoms with E-state index in [1.807, 2.05) is 18.2 Å². The SMILES string of the molecule is CCN(CCCCCNC(=O)/C=C/c1ccc([N+](=O)[O-])cc1)Cc1ccccc1OC. The summed E-state index contributed by atoms with van der Waals surface area (Å²) in [4.78, 5) is 24.5. The lowest BCUT2D eigenvalue weighted by atomic mass is 10.1. The van der Waals surface area contributed by atoms with E-state index in [0.717, 1.165) is 50.2 Å². The molecule has 0 unspecified atom stereocenters. The number of nitro benzene ring substituents is 1. The first-order valence-electron chi connectivity index (χ1n) is 10.6. The van der Waals surface area contributed by atoms with Gasteiger partial charge in [0.05, 0.1) is 12.0 Å². The second-order valence-corrected chi connectivity index (χ2v) is 7.21. The number of hydrogen-bond donors (Lipinski definition) is 1. The molecule has 1 N–H and O–H groups in total. The second-order valence-electron chi connectivity index (χ2n) is 7.21. The van der Waals surface area contributed by atoms with Crippen LogP contribution in [0.1, 0.15) is 37.3 Å². The molecule has 0 radical (unpaired) electrons. The zero-order valence-corrected chi connectivity index (χ0v) is 18.3. The molecule has 0 heterocycles. The number of carbonyl (C=O) groups is 1. The lowest BCUT2D eigenvalue weighted by Gasteiger charge is -2.21. The summed E-state index contributed by atoms with van der Waals surface area (Å²) in [5.74, 6) is 0.759. The Kier molecular flexibility index (Phi) is 10.2. The molecule has 2 aromatic carbocycles. The summed E-state index contributed by atoms with van der Waals surface area (Å²) in [6, 6.07) is 14.2. The van der Waals surface area contributed by atoms with Crippen molar-refractivity contribution in [2.75, 3.05) is 26.7 Å². The third kappa shape index (κ3) is 8.60. The minimum Gasteiger partial charge on any atom is -0.496 e. The number of unbranched alkanes of at least 4 members (excludes halogenated alkanes) is 2. The molecular weight excluding hydrogens is 394 g/mol. The van der Waals surface area contributed by atoms with E-state index in [-0.39, 0.29) is 11.6 Å². The van der Waals surface area contributed by atoms with Gasteiger partial charge in [0.25, 0.3) is 5.69 Å². The van der Waals surface area contributed by atoms with E-state index in [1.54, 1.807) is 25.3 Å². The molecule has 0 aromatic heterocycles. The number of para-hydroxylation sites is 1. The molecule has 0 fully saturated rings. The monoisotopic (exact) mass is 425 g/mol. The summed E-state index contributed by atoms with van der Waals surface area (Å²) in [7, 11) is 1.70. The summed E-state index contributed by atoms with van der Waals surface area (Å²) in [5, 5.41) is 13.5. The maximum absolute atomic E-state index is 11.9. The van der Waals surface area contributed by atoms with E-state index in [0.29, 0.717) is 6.54 Å². The van der Waals surface area contributed by atoms with Crippen molar-refractivity contribution < 1.29 is 14.5 Å². The number of nitro groups is 1. The van der Waals surface area contributed by atoms with E-state index in [2.05, 4.69) is 23.2 Å². The van der Waals surface area contributed by atoms with Crippen LogP contribution in [0.3, 0.4) is 0 Å². The van der Waals surface area contributed by atoms with Crippen molar-refractivity contribution >= 4 is 17.7 Å². The second kappa shape index (κ2) is 13.2. The van der Waals surface area contributed by atoms with Crippen LogP contribution in [0.15, 0.2) is 54.6 Å². The molecule has 7 nitrogen and oxygen atoms in total. The molecule has 0 aliphatic rings. The van der Waals surface area contributed by atoms with Crippen molar-refractivity contribution in [3.8, 4) is 5.75 Å². The highest BCUT2D eigenvalue weighted by Gasteiger charge is 2.08. The van der Waals surface area contributed by atoms with Crippen molar-refractivity contribution in [1.82, 2.24) is 10.2 Å². The largest absolute Gasteiger partial charge is 0.496 e. The normalized spacial score (nSPS) is 11.1. The van der Waals surface area contributed by atoms with Gasteiger partial charge in [0.1, 0.15) is 5.75 Å². The first-order chi connectivity index (χ1) is 15.0. The quantitative estimate of drug-likeness (QED) is 0.222. The molecule has 0 spiro atoms. The zero-order chi connectivity index (χ0) is 22.5. The fraction of sp³-hybridized carbons (Fsp3) is 0.375. The number of rotatable bonds is 13. The zero-order valence-electron chi connectivity index (χ0n) is 18.3. The van der Waals surface area contributed by atoms with Crippen LogP contribution in [-0.4, -0.2) is 42.5 Å². The molecule has 0 saturated carbocycles. The van der Waals surface area contributed by atoms with Gasteiger partial charge in [-0.3, -0.25) is 19.8 Å². The molecule has 1 amide bonds. The number of nitrogens with one attached hydrogen (secondary N) is 1. The van der Waals surface area contributed by atoms with Gasteiger partial charge in [-0.2, -0.15) is 0 Å². The lowest BCUT2D eigenvalue weighted by molar-refractivity contribution is -0.384. The number of non-ortho nitro benzene ring substituents is 1. The minimum atomic E-state index is -0.446. The first kappa shape index (κ1) is 24.1. The fourth-order valence-corrected chi connectivity index (χ4v) is 3.21. The first-order valence-corrected chi connectivity index (χ1v) is 10.6. The Hall–Kier alpha value is -3.19. The molecule has 0 saturated heterocycles. The van der Waals surface area contributed by atoms with Gasteiger partial charge in [-0.1, -0.05) is 31.5 Å². The van der Waals surface area contributed by atoms with E-state index >= 15 is 0 Å². The minimum absolute atomic E-state index is 0.0335. The third-order valence-corrected chi connectivity index (χ3v) is 5.02. The molecule has 2 aromatic rings. The van der Waals surface area contributed by atoms with Gasteiger partial charge in [0.15, 0.2) is 0 Å². The number of nitrogens with zero attached hydrogens (tertiary/aromatic N) is 2. The van der Waals surface area contributed by atoms with Crippen LogP contribution in [0, 0.1) is 10.1 Å². The van der Waals surface area contributed by atoms with Crippen molar-refractivity contribution in [2.45, 2.75) is 32.7 Å². The molecular formula is C24H31N3O4. The molecule has 7 heteroatoms. The predicted molar refractivity (Wildman–Crippen MR) is 123 cm³/mol. The maximum Gasteiger partial charge on any atom is 0.269 e. The van der Waals surface area contributed by atoms with Gasteiger partial charge in [0.2, 0.25) is 5.91 Å². The van der Waals surface area contributed by atoms with Crippen LogP contribution < -0.4 is 10.1 Å². The number of benzene rings is 2. The van der Waals surface area contributed by atoms with Gasteiger partial charge in [-0.15, -0.1) is 0 Å². The Bertz CT molecular complexity index is 865. The van der Waals surface area contributed by atoms with Crippen molar-refractivity contribution in [3.05, 3.63) is 75.8 Å². The fourth-order valence-electron chi connectivity index (χ4n) is 3.21. The van der Waals surface area contributed by atoms with Crippen molar-refractivity contribution in [3.63, 3.8) is 0 Å². The van der Waals surface area contributed by atoms with Crippen LogP contribution in [0.25, 0.3) is 6.08 Å². The summed E-state index contributed by atoms with van der Waals surface area (Å²) >= 11 is 0.